The molecule has 53 heavy (non-hydrogen) atoms. The zero-order chi connectivity index (χ0) is 38.9. The van der Waals surface area contributed by atoms with Gasteiger partial charge in [-0.2, -0.15) is 0 Å². The molecule has 0 aromatic heterocycles. The molecule has 6 heteroatoms. The van der Waals surface area contributed by atoms with Crippen LogP contribution in [0.3, 0.4) is 0 Å². The molecule has 1 atom stereocenters. The van der Waals surface area contributed by atoms with Gasteiger partial charge in [-0.15, -0.1) is 0 Å². The molecule has 0 unspecified atom stereocenters. The third kappa shape index (κ3) is 41.4. The second-order valence-electron chi connectivity index (χ2n) is 16.5. The number of carbonyl (C=O) groups excluding carboxylic acids is 3. The van der Waals surface area contributed by atoms with Crippen molar-refractivity contribution in [2.45, 2.75) is 265 Å². The summed E-state index contributed by atoms with van der Waals surface area (Å²) >= 11 is 0. The van der Waals surface area contributed by atoms with E-state index in [0.29, 0.717) is 19.3 Å². The lowest BCUT2D eigenvalue weighted by molar-refractivity contribution is -0.167. The molecule has 0 amide bonds. The van der Waals surface area contributed by atoms with Crippen LogP contribution in [0.5, 0.6) is 0 Å². The standard InChI is InChI=1S/C47H90O6/c1-5-7-9-11-12-13-20-24-27-31-34-38-45(48)51-41-44(53-47(50)40-36-29-10-8-6-2)42-52-46(49)39-35-32-28-25-22-19-17-15-14-16-18-21-23-26-30-33-37-43(3)4/h43-44H,5-42H2,1-4H3/t44-/m0/s1. The van der Waals surface area contributed by atoms with Gasteiger partial charge < -0.3 is 14.2 Å². The fraction of sp³-hybridized carbons (Fsp3) is 0.936. The highest BCUT2D eigenvalue weighted by Crippen LogP contribution is 2.16. The van der Waals surface area contributed by atoms with Crippen LogP contribution in [-0.2, 0) is 28.6 Å². The van der Waals surface area contributed by atoms with Crippen molar-refractivity contribution in [3.8, 4) is 0 Å². The molecular formula is C47H90O6. The van der Waals surface area contributed by atoms with Crippen LogP contribution in [0.1, 0.15) is 259 Å². The molecule has 0 spiro atoms. The van der Waals surface area contributed by atoms with E-state index in [2.05, 4.69) is 27.7 Å². The first-order valence-corrected chi connectivity index (χ1v) is 23.4. The Kier molecular flexibility index (Phi) is 40.3. The Bertz CT molecular complexity index is 796. The Morgan fingerprint density at radius 2 is 0.623 bits per heavy atom. The predicted molar refractivity (Wildman–Crippen MR) is 224 cm³/mol. The first-order chi connectivity index (χ1) is 25.9. The molecule has 0 rings (SSSR count). The van der Waals surface area contributed by atoms with Gasteiger partial charge in [0.05, 0.1) is 0 Å². The van der Waals surface area contributed by atoms with Crippen LogP contribution in [0, 0.1) is 5.92 Å². The normalized spacial score (nSPS) is 11.9. The minimum atomic E-state index is -0.757. The van der Waals surface area contributed by atoms with E-state index in [-0.39, 0.29) is 31.1 Å². The second kappa shape index (κ2) is 41.6. The van der Waals surface area contributed by atoms with Crippen molar-refractivity contribution in [1.82, 2.24) is 0 Å². The highest BCUT2D eigenvalue weighted by atomic mass is 16.6. The maximum atomic E-state index is 12.5. The van der Waals surface area contributed by atoms with E-state index < -0.39 is 6.10 Å². The third-order valence-electron chi connectivity index (χ3n) is 10.5. The molecule has 0 bridgehead atoms. The lowest BCUT2D eigenvalue weighted by Crippen LogP contribution is -2.30. The largest absolute Gasteiger partial charge is 0.462 e. The molecule has 0 radical (unpaired) electrons. The zero-order valence-corrected chi connectivity index (χ0v) is 36.0. The average Bonchev–Trinajstić information content (AvgIpc) is 3.14. The Hall–Kier alpha value is -1.59. The molecule has 0 fully saturated rings. The summed E-state index contributed by atoms with van der Waals surface area (Å²) in [5.41, 5.74) is 0. The lowest BCUT2D eigenvalue weighted by atomic mass is 10.0. The minimum Gasteiger partial charge on any atom is -0.462 e. The molecule has 0 N–H and O–H groups in total. The summed E-state index contributed by atoms with van der Waals surface area (Å²) in [5, 5.41) is 0. The van der Waals surface area contributed by atoms with Gasteiger partial charge >= 0.3 is 17.9 Å². The van der Waals surface area contributed by atoms with Crippen LogP contribution in [0.2, 0.25) is 0 Å². The number of esters is 3. The van der Waals surface area contributed by atoms with Crippen LogP contribution >= 0.6 is 0 Å². The molecule has 0 aliphatic carbocycles. The van der Waals surface area contributed by atoms with Gasteiger partial charge in [-0.05, 0) is 25.2 Å². The van der Waals surface area contributed by atoms with E-state index in [1.54, 1.807) is 0 Å². The molecule has 0 heterocycles. The van der Waals surface area contributed by atoms with Crippen LogP contribution in [0.15, 0.2) is 0 Å². The van der Waals surface area contributed by atoms with Crippen molar-refractivity contribution in [2.24, 2.45) is 5.92 Å². The number of unbranched alkanes of at least 4 members (excludes halogenated alkanes) is 29. The van der Waals surface area contributed by atoms with Crippen molar-refractivity contribution in [3.05, 3.63) is 0 Å². The Morgan fingerprint density at radius 1 is 0.358 bits per heavy atom. The van der Waals surface area contributed by atoms with Gasteiger partial charge in [-0.1, -0.05) is 220 Å². The summed E-state index contributed by atoms with van der Waals surface area (Å²) < 4.78 is 16.6. The van der Waals surface area contributed by atoms with E-state index in [4.69, 9.17) is 14.2 Å². The molecule has 0 aliphatic rings. The Morgan fingerprint density at radius 3 is 0.925 bits per heavy atom. The smallest absolute Gasteiger partial charge is 0.306 e. The summed E-state index contributed by atoms with van der Waals surface area (Å²) in [6.07, 6.45) is 41.2. The van der Waals surface area contributed by atoms with Gasteiger partial charge in [-0.25, -0.2) is 0 Å². The lowest BCUT2D eigenvalue weighted by Gasteiger charge is -2.18. The van der Waals surface area contributed by atoms with Gasteiger partial charge in [0.15, 0.2) is 6.10 Å². The highest BCUT2D eigenvalue weighted by Gasteiger charge is 2.19. The fourth-order valence-corrected chi connectivity index (χ4v) is 6.98. The summed E-state index contributed by atoms with van der Waals surface area (Å²) in [7, 11) is 0. The van der Waals surface area contributed by atoms with Crippen LogP contribution < -0.4 is 0 Å². The van der Waals surface area contributed by atoms with Gasteiger partial charge in [0, 0.05) is 19.3 Å². The number of hydrogen-bond acceptors (Lipinski definition) is 6. The van der Waals surface area contributed by atoms with Crippen LogP contribution in [0.25, 0.3) is 0 Å². The zero-order valence-electron chi connectivity index (χ0n) is 36.0. The summed E-state index contributed by atoms with van der Waals surface area (Å²) in [6, 6.07) is 0. The first kappa shape index (κ1) is 51.4. The van der Waals surface area contributed by atoms with E-state index in [1.165, 1.54) is 148 Å². The quantitative estimate of drug-likeness (QED) is 0.0351. The van der Waals surface area contributed by atoms with Gasteiger partial charge in [0.25, 0.3) is 0 Å². The molecular weight excluding hydrogens is 661 g/mol. The average molecular weight is 751 g/mol. The van der Waals surface area contributed by atoms with Crippen molar-refractivity contribution in [3.63, 3.8) is 0 Å². The fourth-order valence-electron chi connectivity index (χ4n) is 6.98. The third-order valence-corrected chi connectivity index (χ3v) is 10.5. The Balaban J connectivity index is 4.06. The maximum Gasteiger partial charge on any atom is 0.306 e. The SMILES string of the molecule is CCCCCCCCCCCCCC(=O)OC[C@@H](COC(=O)CCCCCCCCCCCCCCCCCCC(C)C)OC(=O)CCCCCCC. The van der Waals surface area contributed by atoms with Crippen molar-refractivity contribution >= 4 is 17.9 Å². The number of carbonyl (C=O) groups is 3. The van der Waals surface area contributed by atoms with Crippen molar-refractivity contribution < 1.29 is 28.6 Å². The molecule has 0 aliphatic heterocycles. The highest BCUT2D eigenvalue weighted by molar-refractivity contribution is 5.71. The first-order valence-electron chi connectivity index (χ1n) is 23.4. The van der Waals surface area contributed by atoms with Gasteiger partial charge in [0.2, 0.25) is 0 Å². The second-order valence-corrected chi connectivity index (χ2v) is 16.5. The van der Waals surface area contributed by atoms with E-state index in [9.17, 15) is 14.4 Å². The van der Waals surface area contributed by atoms with Gasteiger partial charge in [-0.3, -0.25) is 14.4 Å². The molecule has 0 saturated heterocycles. The Labute approximate surface area is 329 Å². The molecule has 314 valence electrons. The van der Waals surface area contributed by atoms with Crippen molar-refractivity contribution in [1.29, 1.82) is 0 Å². The summed E-state index contributed by atoms with van der Waals surface area (Å²) in [5.74, 6) is -0.0148. The van der Waals surface area contributed by atoms with Crippen LogP contribution in [0.4, 0.5) is 0 Å². The van der Waals surface area contributed by atoms with E-state index >= 15 is 0 Å². The topological polar surface area (TPSA) is 78.9 Å². The number of ether oxygens (including phenoxy) is 3. The maximum absolute atomic E-state index is 12.5. The van der Waals surface area contributed by atoms with Crippen molar-refractivity contribution in [2.75, 3.05) is 13.2 Å². The van der Waals surface area contributed by atoms with Gasteiger partial charge in [0.1, 0.15) is 13.2 Å². The number of rotatable bonds is 42. The van der Waals surface area contributed by atoms with E-state index in [0.717, 1.165) is 70.1 Å². The molecule has 0 aromatic rings. The summed E-state index contributed by atoms with van der Waals surface area (Å²) in [4.78, 5) is 37.4. The van der Waals surface area contributed by atoms with E-state index in [1.807, 2.05) is 0 Å². The number of hydrogen-bond donors (Lipinski definition) is 0. The minimum absolute atomic E-state index is 0.0649. The predicted octanol–water partition coefficient (Wildman–Crippen LogP) is 14.7. The molecule has 0 saturated carbocycles. The molecule has 6 nitrogen and oxygen atoms in total. The summed E-state index contributed by atoms with van der Waals surface area (Å²) in [6.45, 7) is 8.93. The monoisotopic (exact) mass is 751 g/mol. The molecule has 0 aromatic carbocycles. The van der Waals surface area contributed by atoms with Crippen LogP contribution in [-0.4, -0.2) is 37.2 Å².